The van der Waals surface area contributed by atoms with E-state index in [2.05, 4.69) is 0 Å². The highest BCUT2D eigenvalue weighted by Crippen LogP contribution is 2.27. The summed E-state index contributed by atoms with van der Waals surface area (Å²) in [4.78, 5) is 23.7. The number of hydrogen-bond acceptors (Lipinski definition) is 5. The lowest BCUT2D eigenvalue weighted by Gasteiger charge is -2.30. The third-order valence-corrected chi connectivity index (χ3v) is 2.89. The Morgan fingerprint density at radius 1 is 1.11 bits per heavy atom. The molecule has 0 rings (SSSR count). The van der Waals surface area contributed by atoms with Gasteiger partial charge in [0.1, 0.15) is 0 Å². The van der Waals surface area contributed by atoms with Crippen molar-refractivity contribution in [2.45, 2.75) is 53.1 Å². The number of rotatable bonds is 8. The van der Waals surface area contributed by atoms with Crippen LogP contribution < -0.4 is 0 Å². The monoisotopic (exact) mass is 274 g/mol. The summed E-state index contributed by atoms with van der Waals surface area (Å²) in [6.45, 7) is 9.14. The molecule has 0 aliphatic carbocycles. The Kier molecular flexibility index (Phi) is 7.68. The molecule has 0 aliphatic heterocycles. The maximum absolute atomic E-state index is 11.9. The summed E-state index contributed by atoms with van der Waals surface area (Å²) in [6, 6.07) is 0. The van der Waals surface area contributed by atoms with Gasteiger partial charge in [-0.05, 0) is 39.5 Å². The molecule has 0 saturated heterocycles. The first-order valence-electron chi connectivity index (χ1n) is 6.81. The molecule has 1 unspecified atom stereocenters. The zero-order valence-electron chi connectivity index (χ0n) is 12.6. The van der Waals surface area contributed by atoms with Gasteiger partial charge in [0.25, 0.3) is 0 Å². The molecule has 5 heteroatoms. The molecule has 0 saturated carbocycles. The van der Waals surface area contributed by atoms with Crippen LogP contribution in [0, 0.1) is 11.8 Å². The molecule has 0 aliphatic rings. The molecule has 1 N–H and O–H groups in total. The maximum Gasteiger partial charge on any atom is 0.323 e. The minimum absolute atomic E-state index is 0.162. The van der Waals surface area contributed by atoms with Gasteiger partial charge in [-0.1, -0.05) is 13.8 Å². The quantitative estimate of drug-likeness (QED) is 0.540. The standard InChI is InChI=1S/C14H26O5/c1-6-18-12(15)11(13(16)19-7-2)14(5,17)9-8-10(3)4/h10-11,17H,6-9H2,1-5H3. The van der Waals surface area contributed by atoms with E-state index in [9.17, 15) is 14.7 Å². The van der Waals surface area contributed by atoms with E-state index < -0.39 is 23.5 Å². The fourth-order valence-corrected chi connectivity index (χ4v) is 1.78. The third-order valence-electron chi connectivity index (χ3n) is 2.89. The van der Waals surface area contributed by atoms with E-state index in [1.54, 1.807) is 13.8 Å². The molecule has 0 radical (unpaired) electrons. The predicted molar refractivity (Wildman–Crippen MR) is 71.5 cm³/mol. The summed E-state index contributed by atoms with van der Waals surface area (Å²) in [6.07, 6.45) is 1.05. The molecule has 0 aromatic rings. The summed E-state index contributed by atoms with van der Waals surface area (Å²) >= 11 is 0. The number of carbonyl (C=O) groups is 2. The van der Waals surface area contributed by atoms with Crippen LogP contribution in [0.1, 0.15) is 47.5 Å². The van der Waals surface area contributed by atoms with E-state index in [0.717, 1.165) is 0 Å². The molecular formula is C14H26O5. The average molecular weight is 274 g/mol. The molecule has 0 amide bonds. The van der Waals surface area contributed by atoms with Crippen molar-refractivity contribution < 1.29 is 24.2 Å². The minimum atomic E-state index is -1.46. The van der Waals surface area contributed by atoms with E-state index in [0.29, 0.717) is 18.8 Å². The van der Waals surface area contributed by atoms with Crippen molar-refractivity contribution in [3.05, 3.63) is 0 Å². The molecule has 0 heterocycles. The van der Waals surface area contributed by atoms with Gasteiger partial charge in [0.2, 0.25) is 0 Å². The number of hydrogen-bond donors (Lipinski definition) is 1. The lowest BCUT2D eigenvalue weighted by atomic mass is 9.83. The number of esters is 2. The largest absolute Gasteiger partial charge is 0.465 e. The van der Waals surface area contributed by atoms with Gasteiger partial charge in [-0.15, -0.1) is 0 Å². The summed E-state index contributed by atoms with van der Waals surface area (Å²) < 4.78 is 9.73. The zero-order chi connectivity index (χ0) is 15.1. The van der Waals surface area contributed by atoms with Gasteiger partial charge in [-0.25, -0.2) is 0 Å². The molecule has 1 atom stereocenters. The predicted octanol–water partition coefficient (Wildman–Crippen LogP) is 1.92. The highest BCUT2D eigenvalue weighted by Gasteiger charge is 2.44. The van der Waals surface area contributed by atoms with Crippen LogP contribution in [0.4, 0.5) is 0 Å². The second-order valence-corrected chi connectivity index (χ2v) is 5.23. The second kappa shape index (κ2) is 8.15. The van der Waals surface area contributed by atoms with Crippen LogP contribution >= 0.6 is 0 Å². The molecule has 5 nitrogen and oxygen atoms in total. The van der Waals surface area contributed by atoms with Crippen molar-refractivity contribution in [3.63, 3.8) is 0 Å². The van der Waals surface area contributed by atoms with Crippen molar-refractivity contribution in [2.24, 2.45) is 11.8 Å². The zero-order valence-corrected chi connectivity index (χ0v) is 12.6. The van der Waals surface area contributed by atoms with E-state index in [4.69, 9.17) is 9.47 Å². The number of carbonyl (C=O) groups excluding carboxylic acids is 2. The fraction of sp³-hybridized carbons (Fsp3) is 0.857. The normalized spacial score (nSPS) is 14.3. The van der Waals surface area contributed by atoms with Gasteiger partial charge in [0, 0.05) is 0 Å². The third kappa shape index (κ3) is 6.05. The van der Waals surface area contributed by atoms with Crippen molar-refractivity contribution in [1.82, 2.24) is 0 Å². The second-order valence-electron chi connectivity index (χ2n) is 5.23. The highest BCUT2D eigenvalue weighted by molar-refractivity contribution is 5.96. The van der Waals surface area contributed by atoms with Gasteiger partial charge >= 0.3 is 11.9 Å². The molecule has 0 fully saturated rings. The van der Waals surface area contributed by atoms with Crippen LogP contribution in [0.2, 0.25) is 0 Å². The molecular weight excluding hydrogens is 248 g/mol. The van der Waals surface area contributed by atoms with E-state index in [1.165, 1.54) is 6.92 Å². The summed E-state index contributed by atoms with van der Waals surface area (Å²) in [5.74, 6) is -2.37. The molecule has 0 bridgehead atoms. The molecule has 0 aromatic heterocycles. The van der Waals surface area contributed by atoms with Crippen LogP contribution in [0.25, 0.3) is 0 Å². The van der Waals surface area contributed by atoms with Gasteiger partial charge < -0.3 is 14.6 Å². The van der Waals surface area contributed by atoms with E-state index in [1.807, 2.05) is 13.8 Å². The Bertz CT molecular complexity index is 278. The minimum Gasteiger partial charge on any atom is -0.465 e. The van der Waals surface area contributed by atoms with Crippen LogP contribution in [-0.2, 0) is 19.1 Å². The van der Waals surface area contributed by atoms with Crippen LogP contribution in [-0.4, -0.2) is 35.9 Å². The SMILES string of the molecule is CCOC(=O)C(C(=O)OCC)C(C)(O)CCC(C)C. The van der Waals surface area contributed by atoms with Gasteiger partial charge in [0.15, 0.2) is 5.92 Å². The number of aliphatic hydroxyl groups is 1. The summed E-state index contributed by atoms with van der Waals surface area (Å²) in [7, 11) is 0. The number of ether oxygens (including phenoxy) is 2. The first-order chi connectivity index (χ1) is 8.76. The van der Waals surface area contributed by atoms with Crippen molar-refractivity contribution in [3.8, 4) is 0 Å². The lowest BCUT2D eigenvalue weighted by molar-refractivity contribution is -0.174. The maximum atomic E-state index is 11.9. The Hall–Kier alpha value is -1.10. The molecule has 0 spiro atoms. The fourth-order valence-electron chi connectivity index (χ4n) is 1.78. The van der Waals surface area contributed by atoms with E-state index in [-0.39, 0.29) is 13.2 Å². The van der Waals surface area contributed by atoms with E-state index >= 15 is 0 Å². The van der Waals surface area contributed by atoms with Crippen LogP contribution in [0.3, 0.4) is 0 Å². The highest BCUT2D eigenvalue weighted by atomic mass is 16.6. The Labute approximate surface area is 115 Å². The lowest BCUT2D eigenvalue weighted by Crippen LogP contribution is -2.46. The molecule has 112 valence electrons. The van der Waals surface area contributed by atoms with Gasteiger partial charge in [-0.3, -0.25) is 9.59 Å². The van der Waals surface area contributed by atoms with Gasteiger partial charge in [0.05, 0.1) is 18.8 Å². The summed E-state index contributed by atoms with van der Waals surface area (Å²) in [5, 5.41) is 10.4. The first-order valence-corrected chi connectivity index (χ1v) is 6.81. The Morgan fingerprint density at radius 2 is 1.53 bits per heavy atom. The molecule has 19 heavy (non-hydrogen) atoms. The van der Waals surface area contributed by atoms with Crippen LogP contribution in [0.5, 0.6) is 0 Å². The van der Waals surface area contributed by atoms with Crippen molar-refractivity contribution in [1.29, 1.82) is 0 Å². The van der Waals surface area contributed by atoms with Crippen molar-refractivity contribution >= 4 is 11.9 Å². The van der Waals surface area contributed by atoms with Crippen LogP contribution in [0.15, 0.2) is 0 Å². The smallest absolute Gasteiger partial charge is 0.323 e. The first kappa shape index (κ1) is 17.9. The topological polar surface area (TPSA) is 72.8 Å². The Morgan fingerprint density at radius 3 is 1.84 bits per heavy atom. The van der Waals surface area contributed by atoms with Gasteiger partial charge in [-0.2, -0.15) is 0 Å². The molecule has 0 aromatic carbocycles. The Balaban J connectivity index is 4.98. The average Bonchev–Trinajstić information content (AvgIpc) is 2.27. The van der Waals surface area contributed by atoms with Crippen molar-refractivity contribution in [2.75, 3.05) is 13.2 Å². The summed E-state index contributed by atoms with van der Waals surface area (Å²) in [5.41, 5.74) is -1.46.